The van der Waals surface area contributed by atoms with Crippen molar-refractivity contribution in [1.29, 1.82) is 0 Å². The molecule has 0 bridgehead atoms. The molecule has 0 aliphatic heterocycles. The fourth-order valence-electron chi connectivity index (χ4n) is 3.21. The molecule has 0 radical (unpaired) electrons. The molecule has 23 heavy (non-hydrogen) atoms. The molecule has 0 spiro atoms. The summed E-state index contributed by atoms with van der Waals surface area (Å²) in [6.45, 7) is 5.98. The van der Waals surface area contributed by atoms with Gasteiger partial charge in [0, 0.05) is 12.6 Å². The molecule has 1 saturated carbocycles. The Labute approximate surface area is 134 Å². The highest BCUT2D eigenvalue weighted by Crippen LogP contribution is 2.32. The Kier molecular flexibility index (Phi) is 3.74. The van der Waals surface area contributed by atoms with Gasteiger partial charge >= 0.3 is 0 Å². The number of nitrogens with one attached hydrogen (secondary N) is 1. The molecule has 0 aromatic carbocycles. The quantitative estimate of drug-likeness (QED) is 0.913. The summed E-state index contributed by atoms with van der Waals surface area (Å²) in [4.78, 5) is 24.8. The van der Waals surface area contributed by atoms with Gasteiger partial charge in [-0.25, -0.2) is 4.68 Å². The number of amides is 1. The third-order valence-electron chi connectivity index (χ3n) is 4.85. The standard InChI is InChI=1S/C16H22N4O3/c1-9-5-7-16(3,8-6-9)17-14(21)12-11-10(2)23-19-13(11)15(22)20(4)18-12/h9H,5-8H2,1-4H3,(H,17,21). The van der Waals surface area contributed by atoms with E-state index in [1.165, 1.54) is 7.05 Å². The second-order valence-electron chi connectivity index (χ2n) is 6.94. The highest BCUT2D eigenvalue weighted by molar-refractivity contribution is 6.04. The van der Waals surface area contributed by atoms with Crippen LogP contribution in [-0.2, 0) is 7.05 Å². The Bertz CT molecular complexity index is 813. The maximum Gasteiger partial charge on any atom is 0.296 e. The van der Waals surface area contributed by atoms with Crippen LogP contribution in [-0.4, -0.2) is 26.4 Å². The molecule has 0 unspecified atom stereocenters. The average molecular weight is 318 g/mol. The highest BCUT2D eigenvalue weighted by Gasteiger charge is 2.33. The van der Waals surface area contributed by atoms with Gasteiger partial charge in [0.2, 0.25) is 0 Å². The van der Waals surface area contributed by atoms with E-state index in [0.29, 0.717) is 17.1 Å². The number of carbonyl (C=O) groups is 1. The van der Waals surface area contributed by atoms with Crippen LogP contribution in [0.3, 0.4) is 0 Å². The second kappa shape index (κ2) is 5.47. The van der Waals surface area contributed by atoms with Gasteiger partial charge in [0.05, 0.1) is 5.39 Å². The minimum absolute atomic E-state index is 0.146. The summed E-state index contributed by atoms with van der Waals surface area (Å²) in [6.07, 6.45) is 4.08. The van der Waals surface area contributed by atoms with Gasteiger partial charge in [-0.1, -0.05) is 12.1 Å². The van der Waals surface area contributed by atoms with E-state index in [9.17, 15) is 9.59 Å². The largest absolute Gasteiger partial charge is 0.360 e. The molecular formula is C16H22N4O3. The number of aryl methyl sites for hydroxylation is 2. The van der Waals surface area contributed by atoms with Gasteiger partial charge in [0.15, 0.2) is 11.2 Å². The third kappa shape index (κ3) is 2.75. The van der Waals surface area contributed by atoms with Crippen LogP contribution in [0.4, 0.5) is 0 Å². The van der Waals surface area contributed by atoms with Gasteiger partial charge in [-0.3, -0.25) is 9.59 Å². The molecule has 2 aromatic heterocycles. The topological polar surface area (TPSA) is 90.0 Å². The molecule has 7 heteroatoms. The smallest absolute Gasteiger partial charge is 0.296 e. The summed E-state index contributed by atoms with van der Waals surface area (Å²) in [5.74, 6) is 0.842. The van der Waals surface area contributed by atoms with E-state index in [0.717, 1.165) is 30.4 Å². The van der Waals surface area contributed by atoms with Gasteiger partial charge in [-0.05, 0) is 45.4 Å². The van der Waals surface area contributed by atoms with Gasteiger partial charge in [-0.15, -0.1) is 0 Å². The summed E-state index contributed by atoms with van der Waals surface area (Å²) < 4.78 is 6.22. The number of carbonyl (C=O) groups excluding carboxylic acids is 1. The highest BCUT2D eigenvalue weighted by atomic mass is 16.5. The summed E-state index contributed by atoms with van der Waals surface area (Å²) in [5, 5.41) is 11.4. The first kappa shape index (κ1) is 15.7. The Balaban J connectivity index is 1.97. The summed E-state index contributed by atoms with van der Waals surface area (Å²) in [6, 6.07) is 0. The fraction of sp³-hybridized carbons (Fsp3) is 0.625. The Morgan fingerprint density at radius 2 is 2.04 bits per heavy atom. The first-order valence-corrected chi connectivity index (χ1v) is 7.96. The Hall–Kier alpha value is -2.18. The second-order valence-corrected chi connectivity index (χ2v) is 6.94. The third-order valence-corrected chi connectivity index (χ3v) is 4.85. The molecule has 3 rings (SSSR count). The molecular weight excluding hydrogens is 296 g/mol. The molecule has 1 N–H and O–H groups in total. The number of fused-ring (bicyclic) bond motifs is 1. The van der Waals surface area contributed by atoms with Crippen molar-refractivity contribution in [2.75, 3.05) is 0 Å². The lowest BCUT2D eigenvalue weighted by Gasteiger charge is -2.37. The molecule has 2 aromatic rings. The minimum Gasteiger partial charge on any atom is -0.360 e. The van der Waals surface area contributed by atoms with Crippen LogP contribution in [0.1, 0.15) is 55.8 Å². The zero-order valence-corrected chi connectivity index (χ0v) is 14.0. The van der Waals surface area contributed by atoms with Crippen molar-refractivity contribution < 1.29 is 9.32 Å². The van der Waals surface area contributed by atoms with Gasteiger partial charge in [-0.2, -0.15) is 5.10 Å². The predicted molar refractivity (Wildman–Crippen MR) is 85.3 cm³/mol. The molecule has 1 aliphatic rings. The van der Waals surface area contributed by atoms with E-state index in [2.05, 4.69) is 29.4 Å². The lowest BCUT2D eigenvalue weighted by atomic mass is 9.78. The van der Waals surface area contributed by atoms with Crippen molar-refractivity contribution in [2.24, 2.45) is 13.0 Å². The number of rotatable bonds is 2. The number of aromatic nitrogens is 3. The molecule has 0 saturated heterocycles. The molecule has 7 nitrogen and oxygen atoms in total. The van der Waals surface area contributed by atoms with Crippen molar-refractivity contribution in [3.05, 3.63) is 21.8 Å². The minimum atomic E-state index is -0.369. The fourth-order valence-corrected chi connectivity index (χ4v) is 3.21. The molecule has 1 amide bonds. The van der Waals surface area contributed by atoms with Crippen molar-refractivity contribution in [3.63, 3.8) is 0 Å². The Morgan fingerprint density at radius 1 is 1.39 bits per heavy atom. The average Bonchev–Trinajstić information content (AvgIpc) is 2.88. The van der Waals surface area contributed by atoms with Crippen molar-refractivity contribution in [2.45, 2.75) is 52.0 Å². The van der Waals surface area contributed by atoms with Crippen molar-refractivity contribution in [3.8, 4) is 0 Å². The SMILES string of the molecule is Cc1onc2c(=O)n(C)nc(C(=O)NC3(C)CCC(C)CC3)c12. The van der Waals surface area contributed by atoms with Crippen LogP contribution < -0.4 is 10.9 Å². The van der Waals surface area contributed by atoms with Crippen LogP contribution in [0.15, 0.2) is 9.32 Å². The lowest BCUT2D eigenvalue weighted by molar-refractivity contribution is 0.0864. The molecule has 124 valence electrons. The number of hydrogen-bond donors (Lipinski definition) is 1. The predicted octanol–water partition coefficient (Wildman–Crippen LogP) is 1.93. The van der Waals surface area contributed by atoms with Crippen LogP contribution >= 0.6 is 0 Å². The number of nitrogens with zero attached hydrogens (tertiary/aromatic N) is 3. The first-order valence-electron chi connectivity index (χ1n) is 7.96. The molecule has 0 atom stereocenters. The summed E-state index contributed by atoms with van der Waals surface area (Å²) in [7, 11) is 1.51. The van der Waals surface area contributed by atoms with Gasteiger partial charge in [0.1, 0.15) is 5.76 Å². The van der Waals surface area contributed by atoms with E-state index < -0.39 is 0 Å². The van der Waals surface area contributed by atoms with E-state index >= 15 is 0 Å². The zero-order valence-electron chi connectivity index (χ0n) is 14.0. The van der Waals surface area contributed by atoms with E-state index in [-0.39, 0.29) is 28.2 Å². The molecule has 1 aliphatic carbocycles. The van der Waals surface area contributed by atoms with Crippen molar-refractivity contribution >= 4 is 16.8 Å². The van der Waals surface area contributed by atoms with E-state index in [1.54, 1.807) is 6.92 Å². The normalized spacial score (nSPS) is 24.8. The maximum absolute atomic E-state index is 12.8. The summed E-state index contributed by atoms with van der Waals surface area (Å²) >= 11 is 0. The molecule has 2 heterocycles. The van der Waals surface area contributed by atoms with Crippen molar-refractivity contribution in [1.82, 2.24) is 20.3 Å². The first-order chi connectivity index (χ1) is 10.8. The van der Waals surface area contributed by atoms with Crippen LogP contribution in [0.25, 0.3) is 10.9 Å². The zero-order chi connectivity index (χ0) is 16.8. The van der Waals surface area contributed by atoms with E-state index in [4.69, 9.17) is 4.52 Å². The van der Waals surface area contributed by atoms with Crippen LogP contribution in [0.2, 0.25) is 0 Å². The van der Waals surface area contributed by atoms with Gasteiger partial charge < -0.3 is 9.84 Å². The Morgan fingerprint density at radius 3 is 2.70 bits per heavy atom. The van der Waals surface area contributed by atoms with Crippen LogP contribution in [0.5, 0.6) is 0 Å². The monoisotopic (exact) mass is 318 g/mol. The van der Waals surface area contributed by atoms with Crippen LogP contribution in [0, 0.1) is 12.8 Å². The maximum atomic E-state index is 12.8. The van der Waals surface area contributed by atoms with E-state index in [1.807, 2.05) is 0 Å². The molecule has 1 fully saturated rings. The van der Waals surface area contributed by atoms with Gasteiger partial charge in [0.25, 0.3) is 11.5 Å². The summed E-state index contributed by atoms with van der Waals surface area (Å²) in [5.41, 5.74) is -0.267. The number of hydrogen-bond acceptors (Lipinski definition) is 5. The lowest BCUT2D eigenvalue weighted by Crippen LogP contribution is -2.48.